The molecule has 228 valence electrons. The highest BCUT2D eigenvalue weighted by Gasteiger charge is 2.30. The van der Waals surface area contributed by atoms with Gasteiger partial charge in [0.25, 0.3) is 0 Å². The Morgan fingerprint density at radius 3 is 1.30 bits per heavy atom. The van der Waals surface area contributed by atoms with Gasteiger partial charge in [-0.3, -0.25) is 4.79 Å². The van der Waals surface area contributed by atoms with E-state index in [0.29, 0.717) is 0 Å². The molecule has 0 fully saturated rings. The van der Waals surface area contributed by atoms with E-state index in [-0.39, 0.29) is 6.10 Å². The number of benzene rings is 4. The summed E-state index contributed by atoms with van der Waals surface area (Å²) in [4.78, 5) is 23.3. The number of carbonyl (C=O) groups excluding carboxylic acids is 2. The second-order valence-electron chi connectivity index (χ2n) is 9.90. The van der Waals surface area contributed by atoms with Gasteiger partial charge in [0.05, 0.1) is 0 Å². The van der Waals surface area contributed by atoms with Gasteiger partial charge in [-0.1, -0.05) is 131 Å². The second kappa shape index (κ2) is 17.1. The van der Waals surface area contributed by atoms with E-state index in [0.717, 1.165) is 50.6 Å². The molecule has 0 bridgehead atoms. The largest absolute Gasteiger partial charge is 0.449 e. The Balaban J connectivity index is 0.000000180. The lowest BCUT2D eigenvalue weighted by Gasteiger charge is -2.13. The first-order valence-electron chi connectivity index (χ1n) is 14.7. The molecule has 4 aromatic rings. The third-order valence-electron chi connectivity index (χ3n) is 7.48. The molecule has 2 aliphatic rings. The Labute approximate surface area is 266 Å². The van der Waals surface area contributed by atoms with E-state index < -0.39 is 17.3 Å². The molecule has 0 spiro atoms. The van der Waals surface area contributed by atoms with Crippen molar-refractivity contribution in [1.82, 2.24) is 4.90 Å². The van der Waals surface area contributed by atoms with E-state index in [1.807, 2.05) is 72.8 Å². The zero-order chi connectivity index (χ0) is 32.1. The van der Waals surface area contributed by atoms with Crippen molar-refractivity contribution in [1.29, 1.82) is 0 Å². The van der Waals surface area contributed by atoms with Gasteiger partial charge in [0, 0.05) is 17.2 Å². The lowest BCUT2D eigenvalue weighted by Crippen LogP contribution is -2.21. The van der Waals surface area contributed by atoms with Crippen LogP contribution < -0.4 is 0 Å². The number of ether oxygens (including phenoxy) is 1. The Bertz CT molecular complexity index is 1480. The van der Waals surface area contributed by atoms with Gasteiger partial charge in [-0.2, -0.15) is 0 Å². The monoisotopic (exact) mass is 609 g/mol. The number of nitrogens with zero attached hydrogens (tertiary/aromatic N) is 1. The summed E-state index contributed by atoms with van der Waals surface area (Å²) in [7, 11) is 0. The van der Waals surface area contributed by atoms with Crippen LogP contribution in [0.2, 0.25) is 0 Å². The number of aliphatic hydroxyl groups excluding tert-OH is 1. The Hall–Kier alpha value is -4.29. The van der Waals surface area contributed by atoms with Crippen molar-refractivity contribution in [3.05, 3.63) is 145 Å². The molecular weight excluding hydrogens is 570 g/mol. The number of hydrogen-bond donors (Lipinski definition) is 1. The molecule has 5 nitrogen and oxygen atoms in total. The Morgan fingerprint density at radius 2 is 1.00 bits per heavy atom. The van der Waals surface area contributed by atoms with Crippen LogP contribution in [0.3, 0.4) is 0 Å². The van der Waals surface area contributed by atoms with E-state index >= 15 is 0 Å². The molecule has 0 saturated carbocycles. The minimum atomic E-state index is -0.509. The summed E-state index contributed by atoms with van der Waals surface area (Å²) >= 11 is 4.71. The first kappa shape index (κ1) is 34.2. The lowest BCUT2D eigenvalue weighted by molar-refractivity contribution is -0.141. The summed E-state index contributed by atoms with van der Waals surface area (Å²) in [6.45, 7) is 16.6. The Kier molecular flexibility index (Phi) is 13.3. The molecule has 1 N–H and O–H groups in total. The third-order valence-corrected chi connectivity index (χ3v) is 7.63. The summed E-state index contributed by atoms with van der Waals surface area (Å²) in [5.74, 6) is -0.397. The molecule has 0 aromatic heterocycles. The van der Waals surface area contributed by atoms with Gasteiger partial charge in [-0.05, 0) is 70.7 Å². The van der Waals surface area contributed by atoms with Crippen LogP contribution >= 0.6 is 11.6 Å². The molecule has 0 unspecified atom stereocenters. The number of esters is 1. The average Bonchev–Trinajstić information content (AvgIpc) is 3.54. The molecule has 6 heteroatoms. The van der Waals surface area contributed by atoms with E-state index in [1.54, 1.807) is 0 Å². The summed E-state index contributed by atoms with van der Waals surface area (Å²) in [6, 6.07) is 32.0. The van der Waals surface area contributed by atoms with Crippen molar-refractivity contribution >= 4 is 22.8 Å². The van der Waals surface area contributed by atoms with Gasteiger partial charge in [0.15, 0.2) is 6.10 Å². The molecule has 44 heavy (non-hydrogen) atoms. The fourth-order valence-corrected chi connectivity index (χ4v) is 5.20. The van der Waals surface area contributed by atoms with Crippen molar-refractivity contribution in [3.8, 4) is 22.3 Å². The van der Waals surface area contributed by atoms with Crippen LogP contribution in [0.1, 0.15) is 55.2 Å². The number of fused-ring (bicyclic) bond motifs is 6. The lowest BCUT2D eigenvalue weighted by atomic mass is 10.1. The first-order valence-corrected chi connectivity index (χ1v) is 15.1. The van der Waals surface area contributed by atoms with Crippen molar-refractivity contribution in [3.63, 3.8) is 0 Å². The average molecular weight is 610 g/mol. The van der Waals surface area contributed by atoms with Crippen LogP contribution in [0, 0.1) is 0 Å². The van der Waals surface area contributed by atoms with Gasteiger partial charge in [0.2, 0.25) is 5.24 Å². The maximum atomic E-state index is 11.4. The molecule has 0 saturated heterocycles. The third kappa shape index (κ3) is 8.42. The predicted molar refractivity (Wildman–Crippen MR) is 180 cm³/mol. The second-order valence-corrected chi connectivity index (χ2v) is 10.3. The molecule has 4 aromatic carbocycles. The molecule has 0 amide bonds. The van der Waals surface area contributed by atoms with Crippen molar-refractivity contribution in [2.45, 2.75) is 33.0 Å². The topological polar surface area (TPSA) is 66.8 Å². The first-order chi connectivity index (χ1) is 21.3. The number of allylic oxidation sites excluding steroid dienone is 1. The number of hydrogen-bond acceptors (Lipinski definition) is 5. The van der Waals surface area contributed by atoms with Crippen LogP contribution in [0.15, 0.2) is 122 Å². The van der Waals surface area contributed by atoms with E-state index in [4.69, 9.17) is 16.3 Å². The molecule has 6 rings (SSSR count). The van der Waals surface area contributed by atoms with Crippen molar-refractivity contribution < 1.29 is 19.4 Å². The SMILES string of the molecule is C=CC(=O)Cl.C=CC(=O)OC1c2ccccc2-c2ccccc21.CCN(CC)CC.OC1c2ccccc2-c2ccccc21. The molecule has 0 heterocycles. The minimum absolute atomic E-state index is 0.317. The predicted octanol–water partition coefficient (Wildman–Crippen LogP) is 8.52. The number of halogens is 1. The Morgan fingerprint density at radius 1 is 0.682 bits per heavy atom. The number of rotatable bonds is 6. The zero-order valence-corrected chi connectivity index (χ0v) is 26.3. The highest BCUT2D eigenvalue weighted by Crippen LogP contribution is 2.45. The van der Waals surface area contributed by atoms with Crippen LogP contribution in [-0.4, -0.2) is 40.9 Å². The van der Waals surface area contributed by atoms with Gasteiger partial charge >= 0.3 is 5.97 Å². The smallest absolute Gasteiger partial charge is 0.331 e. The van der Waals surface area contributed by atoms with Crippen LogP contribution in [0.4, 0.5) is 0 Å². The highest BCUT2D eigenvalue weighted by atomic mass is 35.5. The van der Waals surface area contributed by atoms with Crippen LogP contribution in [0.5, 0.6) is 0 Å². The highest BCUT2D eigenvalue weighted by molar-refractivity contribution is 6.66. The molecule has 0 radical (unpaired) electrons. The molecule has 0 atom stereocenters. The molecular formula is C38H40ClNO4. The fourth-order valence-electron chi connectivity index (χ4n) is 5.20. The van der Waals surface area contributed by atoms with E-state index in [9.17, 15) is 14.7 Å². The standard InChI is InChI=1S/C16H12O2.C13H10O.C6H15N.C3H3ClO/c1-2-15(17)18-16-13-9-5-3-7-11(13)12-8-4-6-10-14(12)16;14-13-11-7-3-1-5-9(11)10-6-2-4-8-12(10)13;1-4-7(5-2)6-3;1-2-3(4)5/h2-10,16H,1H2;1-8,13-14H;4-6H2,1-3H3;2H,1H2. The van der Waals surface area contributed by atoms with Gasteiger partial charge in [-0.25, -0.2) is 4.79 Å². The van der Waals surface area contributed by atoms with Crippen molar-refractivity contribution in [2.24, 2.45) is 0 Å². The zero-order valence-electron chi connectivity index (χ0n) is 25.6. The summed E-state index contributed by atoms with van der Waals surface area (Å²) in [5.41, 5.74) is 8.71. The minimum Gasteiger partial charge on any atom is -0.449 e. The summed E-state index contributed by atoms with van der Waals surface area (Å²) in [5, 5.41) is 9.52. The summed E-state index contributed by atoms with van der Waals surface area (Å²) in [6.07, 6.45) is 1.48. The van der Waals surface area contributed by atoms with E-state index in [1.165, 1.54) is 25.7 Å². The van der Waals surface area contributed by atoms with Gasteiger partial charge in [-0.15, -0.1) is 0 Å². The maximum absolute atomic E-state index is 11.4. The van der Waals surface area contributed by atoms with Crippen LogP contribution in [0.25, 0.3) is 22.3 Å². The van der Waals surface area contributed by atoms with Gasteiger partial charge < -0.3 is 14.7 Å². The maximum Gasteiger partial charge on any atom is 0.331 e. The van der Waals surface area contributed by atoms with E-state index in [2.05, 4.69) is 63.1 Å². The quantitative estimate of drug-likeness (QED) is 0.135. The summed E-state index contributed by atoms with van der Waals surface area (Å²) < 4.78 is 5.46. The van der Waals surface area contributed by atoms with Crippen molar-refractivity contribution in [2.75, 3.05) is 19.6 Å². The van der Waals surface area contributed by atoms with Gasteiger partial charge in [0.1, 0.15) is 6.10 Å². The number of aliphatic hydroxyl groups is 1. The molecule has 2 aliphatic carbocycles. The van der Waals surface area contributed by atoms with Crippen LogP contribution in [-0.2, 0) is 14.3 Å². The normalized spacial score (nSPS) is 12.0. The number of carbonyl (C=O) groups is 2. The molecule has 0 aliphatic heterocycles. The fraction of sp³-hybridized carbons (Fsp3) is 0.211.